The first-order valence-electron chi connectivity index (χ1n) is 16.6. The zero-order chi connectivity index (χ0) is 35.2. The van der Waals surface area contributed by atoms with Crippen molar-refractivity contribution in [3.8, 4) is 11.1 Å². The van der Waals surface area contributed by atoms with Gasteiger partial charge in [-0.05, 0) is 87.3 Å². The third-order valence-electron chi connectivity index (χ3n) is 8.82. The highest BCUT2D eigenvalue weighted by Gasteiger charge is 2.38. The van der Waals surface area contributed by atoms with E-state index in [0.717, 1.165) is 28.7 Å². The van der Waals surface area contributed by atoms with Crippen LogP contribution in [0.25, 0.3) is 11.1 Å². The second-order valence-electron chi connectivity index (χ2n) is 13.5. The number of ether oxygens (including phenoxy) is 3. The molecule has 1 saturated heterocycles. The Hall–Kier alpha value is -4.54. The molecule has 1 fully saturated rings. The van der Waals surface area contributed by atoms with Crippen molar-refractivity contribution in [1.82, 2.24) is 4.90 Å². The van der Waals surface area contributed by atoms with Crippen molar-refractivity contribution >= 4 is 35.6 Å². The van der Waals surface area contributed by atoms with Crippen molar-refractivity contribution in [1.29, 1.82) is 0 Å². The second-order valence-corrected chi connectivity index (χ2v) is 13.5. The molecule has 0 radical (unpaired) electrons. The first kappa shape index (κ1) is 36.3. The molecule has 2 aromatic carbocycles. The van der Waals surface area contributed by atoms with Crippen LogP contribution in [0.4, 0.5) is 4.79 Å². The molecular formula is C37H45NO10. The van der Waals surface area contributed by atoms with Gasteiger partial charge in [-0.25, -0.2) is 9.59 Å². The Kier molecular flexibility index (Phi) is 11.8. The number of aliphatic carboxylic acids is 1. The molecule has 0 bridgehead atoms. The van der Waals surface area contributed by atoms with Crippen molar-refractivity contribution < 1.29 is 48.1 Å². The molecule has 1 aliphatic carbocycles. The lowest BCUT2D eigenvalue weighted by Crippen LogP contribution is -2.44. The average Bonchev–Trinajstić information content (AvgIpc) is 3.55. The van der Waals surface area contributed by atoms with Gasteiger partial charge in [0.05, 0.1) is 11.8 Å². The van der Waals surface area contributed by atoms with E-state index in [4.69, 9.17) is 14.2 Å². The topological polar surface area (TPSA) is 154 Å². The van der Waals surface area contributed by atoms with Crippen molar-refractivity contribution in [3.63, 3.8) is 0 Å². The zero-order valence-electron chi connectivity index (χ0n) is 28.3. The number of carbonyl (C=O) groups is 6. The summed E-state index contributed by atoms with van der Waals surface area (Å²) in [5, 5.41) is 9.39. The molecule has 3 unspecified atom stereocenters. The number of hydrogen-bond donors (Lipinski definition) is 1. The van der Waals surface area contributed by atoms with E-state index in [-0.39, 0.29) is 11.6 Å². The summed E-state index contributed by atoms with van der Waals surface area (Å²) >= 11 is 0. The van der Waals surface area contributed by atoms with Crippen LogP contribution in [0.1, 0.15) is 98.6 Å². The number of esters is 2. The molecule has 2 aliphatic rings. The van der Waals surface area contributed by atoms with E-state index in [0.29, 0.717) is 56.2 Å². The summed E-state index contributed by atoms with van der Waals surface area (Å²) in [6.45, 7) is 8.14. The minimum Gasteiger partial charge on any atom is -0.481 e. The highest BCUT2D eigenvalue weighted by atomic mass is 16.6. The standard InChI is InChI=1S/C37H45NO10/c1-6-7-9-27(22(2)33(41)42)34(43)46-20-31(39)25-13-15-28-23(18-25)11-12-24-19-26(14-16-29(24)28)32(40)21-47-35(44)30-10-8-17-38(30)36(45)48-37(3,4)5/h13-16,18-19,22,27,30H,6-12,17,20-21H2,1-5H3,(H,41,42). The second kappa shape index (κ2) is 15.6. The van der Waals surface area contributed by atoms with Crippen molar-refractivity contribution in [2.24, 2.45) is 11.8 Å². The Labute approximate surface area is 280 Å². The number of benzene rings is 2. The van der Waals surface area contributed by atoms with Crippen LogP contribution >= 0.6 is 0 Å². The predicted molar refractivity (Wildman–Crippen MR) is 176 cm³/mol. The Balaban J connectivity index is 1.36. The maximum absolute atomic E-state index is 13.0. The van der Waals surface area contributed by atoms with Crippen molar-refractivity contribution in [3.05, 3.63) is 58.7 Å². The Morgan fingerprint density at radius 1 is 0.896 bits per heavy atom. The molecule has 0 saturated carbocycles. The molecule has 4 rings (SSSR count). The number of carboxylic acids is 1. The van der Waals surface area contributed by atoms with E-state index >= 15 is 0 Å². The number of carboxylic acid groups (broad SMARTS) is 1. The SMILES string of the molecule is CCCCC(C(=O)OCC(=O)c1ccc2c(c1)CCc1cc(C(=O)COC(=O)C3CCCN3C(=O)OC(C)(C)C)ccc1-2)C(C)C(=O)O. The summed E-state index contributed by atoms with van der Waals surface area (Å²) in [4.78, 5) is 76.8. The first-order chi connectivity index (χ1) is 22.7. The third kappa shape index (κ3) is 8.87. The first-order valence-corrected chi connectivity index (χ1v) is 16.6. The lowest BCUT2D eigenvalue weighted by molar-refractivity contribution is -0.156. The van der Waals surface area contributed by atoms with Crippen LogP contribution in [0, 0.1) is 11.8 Å². The molecule has 1 N–H and O–H groups in total. The van der Waals surface area contributed by atoms with Crippen LogP contribution in [0.5, 0.6) is 0 Å². The van der Waals surface area contributed by atoms with Gasteiger partial charge in [0.1, 0.15) is 11.6 Å². The Morgan fingerprint density at radius 2 is 1.46 bits per heavy atom. The van der Waals surface area contributed by atoms with Gasteiger partial charge in [0, 0.05) is 17.7 Å². The fourth-order valence-electron chi connectivity index (χ4n) is 6.11. The van der Waals surface area contributed by atoms with Gasteiger partial charge in [-0.15, -0.1) is 0 Å². The van der Waals surface area contributed by atoms with E-state index in [2.05, 4.69) is 0 Å². The van der Waals surface area contributed by atoms with E-state index in [9.17, 15) is 33.9 Å². The van der Waals surface area contributed by atoms with Gasteiger partial charge in [0.2, 0.25) is 0 Å². The number of likely N-dealkylation sites (tertiary alicyclic amines) is 1. The van der Waals surface area contributed by atoms with Gasteiger partial charge < -0.3 is 19.3 Å². The van der Waals surface area contributed by atoms with Gasteiger partial charge in [-0.1, -0.05) is 51.0 Å². The smallest absolute Gasteiger partial charge is 0.411 e. The molecule has 48 heavy (non-hydrogen) atoms. The number of unbranched alkanes of at least 4 members (excludes halogenated alkanes) is 1. The van der Waals surface area contributed by atoms with E-state index < -0.39 is 60.7 Å². The molecule has 1 amide bonds. The average molecular weight is 664 g/mol. The molecule has 1 heterocycles. The zero-order valence-corrected chi connectivity index (χ0v) is 28.3. The number of nitrogens with zero attached hydrogens (tertiary/aromatic N) is 1. The van der Waals surface area contributed by atoms with Gasteiger partial charge in [-0.3, -0.25) is 24.1 Å². The van der Waals surface area contributed by atoms with E-state index in [1.54, 1.807) is 45.0 Å². The van der Waals surface area contributed by atoms with Gasteiger partial charge >= 0.3 is 24.0 Å². The van der Waals surface area contributed by atoms with E-state index in [1.165, 1.54) is 11.8 Å². The highest BCUT2D eigenvalue weighted by Crippen LogP contribution is 2.35. The summed E-state index contributed by atoms with van der Waals surface area (Å²) in [5.41, 5.74) is 3.84. The third-order valence-corrected chi connectivity index (χ3v) is 8.82. The van der Waals surface area contributed by atoms with E-state index in [1.807, 2.05) is 19.1 Å². The number of aryl methyl sites for hydroxylation is 2. The number of carbonyl (C=O) groups excluding carboxylic acids is 5. The van der Waals surface area contributed by atoms with Crippen LogP contribution in [-0.4, -0.2) is 77.0 Å². The number of rotatable bonds is 13. The van der Waals surface area contributed by atoms with Crippen LogP contribution in [0.2, 0.25) is 0 Å². The maximum atomic E-state index is 13.0. The van der Waals surface area contributed by atoms with Crippen LogP contribution in [-0.2, 0) is 41.4 Å². The van der Waals surface area contributed by atoms with Crippen molar-refractivity contribution in [2.75, 3.05) is 19.8 Å². The summed E-state index contributed by atoms with van der Waals surface area (Å²) in [5.74, 6) is -4.87. The summed E-state index contributed by atoms with van der Waals surface area (Å²) in [6, 6.07) is 9.81. The van der Waals surface area contributed by atoms with Gasteiger partial charge in [0.15, 0.2) is 24.8 Å². The molecule has 0 spiro atoms. The largest absolute Gasteiger partial charge is 0.481 e. The molecule has 2 aromatic rings. The van der Waals surface area contributed by atoms with Gasteiger partial charge in [0.25, 0.3) is 0 Å². The molecular weight excluding hydrogens is 618 g/mol. The minimum atomic E-state index is -1.08. The fraction of sp³-hybridized carbons (Fsp3) is 0.514. The summed E-state index contributed by atoms with van der Waals surface area (Å²) in [7, 11) is 0. The lowest BCUT2D eigenvalue weighted by Gasteiger charge is -2.27. The maximum Gasteiger partial charge on any atom is 0.411 e. The quantitative estimate of drug-likeness (QED) is 0.157. The van der Waals surface area contributed by atoms with Crippen molar-refractivity contribution in [2.45, 2.75) is 91.2 Å². The number of hydrogen-bond acceptors (Lipinski definition) is 9. The molecule has 0 aromatic heterocycles. The molecule has 11 heteroatoms. The normalized spacial score (nSPS) is 16.6. The minimum absolute atomic E-state index is 0.357. The summed E-state index contributed by atoms with van der Waals surface area (Å²) < 4.78 is 16.0. The predicted octanol–water partition coefficient (Wildman–Crippen LogP) is 5.83. The molecule has 258 valence electrons. The molecule has 3 atom stereocenters. The van der Waals surface area contributed by atoms with Crippen LogP contribution < -0.4 is 0 Å². The number of ketones is 2. The molecule has 1 aliphatic heterocycles. The van der Waals surface area contributed by atoms with Crippen LogP contribution in [0.3, 0.4) is 0 Å². The number of amides is 1. The van der Waals surface area contributed by atoms with Crippen LogP contribution in [0.15, 0.2) is 36.4 Å². The Morgan fingerprint density at radius 3 is 1.98 bits per heavy atom. The number of Topliss-reactive ketones (excluding diaryl/α,β-unsaturated/α-hetero) is 2. The highest BCUT2D eigenvalue weighted by molar-refractivity contribution is 6.00. The fourth-order valence-corrected chi connectivity index (χ4v) is 6.11. The monoisotopic (exact) mass is 663 g/mol. The Bertz CT molecular complexity index is 1570. The van der Waals surface area contributed by atoms with Gasteiger partial charge in [-0.2, -0.15) is 0 Å². The summed E-state index contributed by atoms with van der Waals surface area (Å²) in [6.07, 6.45) is 3.59. The number of fused-ring (bicyclic) bond motifs is 3. The lowest BCUT2D eigenvalue weighted by atomic mass is 9.83. The molecule has 11 nitrogen and oxygen atoms in total.